The average molecular weight is 454 g/mol. The Morgan fingerprint density at radius 2 is 1.91 bits per heavy atom. The van der Waals surface area contributed by atoms with Crippen LogP contribution in [0.25, 0.3) is 10.9 Å². The normalized spacial score (nSPS) is 15.7. The molecular weight excluding hydrogens is 428 g/mol. The van der Waals surface area contributed by atoms with Crippen LogP contribution in [0.4, 0.5) is 11.6 Å². The van der Waals surface area contributed by atoms with Crippen molar-refractivity contribution in [2.75, 3.05) is 44.7 Å². The van der Waals surface area contributed by atoms with Crippen LogP contribution in [-0.4, -0.2) is 62.0 Å². The highest BCUT2D eigenvalue weighted by molar-refractivity contribution is 5.96. The summed E-state index contributed by atoms with van der Waals surface area (Å²) in [6.45, 7) is 0.710. The van der Waals surface area contributed by atoms with E-state index < -0.39 is 11.7 Å². The number of amides is 1. The highest BCUT2D eigenvalue weighted by Crippen LogP contribution is 2.41. The van der Waals surface area contributed by atoms with Crippen LogP contribution >= 0.6 is 0 Å². The van der Waals surface area contributed by atoms with Crippen LogP contribution in [0, 0.1) is 0 Å². The topological polar surface area (TPSA) is 117 Å². The van der Waals surface area contributed by atoms with Crippen molar-refractivity contribution >= 4 is 28.4 Å². The number of H-pyrrole nitrogens is 1. The molecule has 0 saturated carbocycles. The molecule has 0 bridgehead atoms. The number of fused-ring (bicyclic) bond motifs is 1. The molecule has 1 amide bonds. The summed E-state index contributed by atoms with van der Waals surface area (Å²) in [6.07, 6.45) is -0.521. The van der Waals surface area contributed by atoms with E-state index in [-0.39, 0.29) is 30.0 Å². The molecule has 3 aromatic rings. The van der Waals surface area contributed by atoms with Gasteiger partial charge in [0.15, 0.2) is 11.5 Å². The van der Waals surface area contributed by atoms with E-state index in [0.29, 0.717) is 29.5 Å². The van der Waals surface area contributed by atoms with Gasteiger partial charge < -0.3 is 34.1 Å². The summed E-state index contributed by atoms with van der Waals surface area (Å²) < 4.78 is 16.2. The standard InChI is InChI=1S/C23H26N4O6/c1-26(11-13-6-5-7-14(8-13)27-12-15(28)9-18(27)29)23-24-16-10-17(31-2)20(32-3)21(33-4)19(16)22(30)25-23/h5-8,10,15,28H,9,11-12H2,1-4H3,(H,24,25,30). The molecule has 1 aliphatic heterocycles. The summed E-state index contributed by atoms with van der Waals surface area (Å²) in [6, 6.07) is 9.17. The van der Waals surface area contributed by atoms with Crippen LogP contribution in [0.5, 0.6) is 17.2 Å². The highest BCUT2D eigenvalue weighted by atomic mass is 16.5. The van der Waals surface area contributed by atoms with Crippen molar-refractivity contribution in [3.8, 4) is 17.2 Å². The number of methoxy groups -OCH3 is 3. The predicted molar refractivity (Wildman–Crippen MR) is 124 cm³/mol. The summed E-state index contributed by atoms with van der Waals surface area (Å²) in [5, 5.41) is 10.0. The number of β-amino-alcohol motifs (C(OH)–C–C–N with tert-alkyl or cyclic N) is 1. The summed E-state index contributed by atoms with van der Waals surface area (Å²) >= 11 is 0. The van der Waals surface area contributed by atoms with Gasteiger partial charge in [-0.25, -0.2) is 0 Å². The fourth-order valence-electron chi connectivity index (χ4n) is 4.06. The second-order valence-corrected chi connectivity index (χ2v) is 7.82. The van der Waals surface area contributed by atoms with Crippen LogP contribution in [-0.2, 0) is 11.3 Å². The maximum atomic E-state index is 12.9. The monoisotopic (exact) mass is 454 g/mol. The minimum Gasteiger partial charge on any atom is -0.493 e. The molecule has 10 nitrogen and oxygen atoms in total. The Labute approximate surface area is 190 Å². The second kappa shape index (κ2) is 8.99. The number of aromatic amines is 1. The van der Waals surface area contributed by atoms with Gasteiger partial charge in [0, 0.05) is 25.3 Å². The number of nitrogens with zero attached hydrogens (tertiary/aromatic N) is 3. The number of hydrogen-bond donors (Lipinski definition) is 2. The van der Waals surface area contributed by atoms with Crippen molar-refractivity contribution in [1.29, 1.82) is 0 Å². The first-order valence-corrected chi connectivity index (χ1v) is 10.4. The lowest BCUT2D eigenvalue weighted by Gasteiger charge is -2.21. The average Bonchev–Trinajstić information content (AvgIpc) is 3.15. The van der Waals surface area contributed by atoms with Crippen LogP contribution in [0.15, 0.2) is 35.1 Å². The number of carbonyl (C=O) groups is 1. The molecule has 1 unspecified atom stereocenters. The first kappa shape index (κ1) is 22.4. The van der Waals surface area contributed by atoms with E-state index in [2.05, 4.69) is 9.97 Å². The summed E-state index contributed by atoms with van der Waals surface area (Å²) in [7, 11) is 6.24. The fourth-order valence-corrected chi connectivity index (χ4v) is 4.06. The van der Waals surface area contributed by atoms with Gasteiger partial charge in [-0.05, 0) is 17.7 Å². The van der Waals surface area contributed by atoms with Crippen molar-refractivity contribution in [2.45, 2.75) is 19.1 Å². The third-order valence-electron chi connectivity index (χ3n) is 5.61. The summed E-state index contributed by atoms with van der Waals surface area (Å²) in [5.74, 6) is 1.24. The minimum absolute atomic E-state index is 0.105. The highest BCUT2D eigenvalue weighted by Gasteiger charge is 2.29. The minimum atomic E-state index is -0.650. The van der Waals surface area contributed by atoms with Crippen LogP contribution < -0.4 is 29.6 Å². The maximum absolute atomic E-state index is 12.9. The van der Waals surface area contributed by atoms with Crippen molar-refractivity contribution in [3.05, 3.63) is 46.2 Å². The molecule has 174 valence electrons. The number of hydrogen-bond acceptors (Lipinski definition) is 8. The summed E-state index contributed by atoms with van der Waals surface area (Å²) in [4.78, 5) is 35.8. The molecule has 1 saturated heterocycles. The van der Waals surface area contributed by atoms with Gasteiger partial charge in [-0.15, -0.1) is 0 Å². The summed E-state index contributed by atoms with van der Waals surface area (Å²) in [5.41, 5.74) is 1.67. The van der Waals surface area contributed by atoms with Crippen molar-refractivity contribution in [1.82, 2.24) is 9.97 Å². The molecule has 0 aliphatic carbocycles. The zero-order chi connectivity index (χ0) is 23.7. The number of ether oxygens (including phenoxy) is 3. The molecule has 1 aliphatic rings. The van der Waals surface area contributed by atoms with E-state index >= 15 is 0 Å². The second-order valence-electron chi connectivity index (χ2n) is 7.82. The largest absolute Gasteiger partial charge is 0.493 e. The van der Waals surface area contributed by atoms with E-state index in [1.54, 1.807) is 22.9 Å². The molecule has 0 spiro atoms. The molecule has 0 radical (unpaired) electrons. The molecule has 2 aromatic carbocycles. The third-order valence-corrected chi connectivity index (χ3v) is 5.61. The van der Waals surface area contributed by atoms with Crippen molar-refractivity contribution in [2.24, 2.45) is 0 Å². The Morgan fingerprint density at radius 1 is 1.15 bits per heavy atom. The van der Waals surface area contributed by atoms with Crippen LogP contribution in [0.1, 0.15) is 12.0 Å². The van der Waals surface area contributed by atoms with Gasteiger partial charge in [0.2, 0.25) is 17.6 Å². The zero-order valence-corrected chi connectivity index (χ0v) is 18.9. The molecule has 2 N–H and O–H groups in total. The molecule has 10 heteroatoms. The molecule has 1 fully saturated rings. The van der Waals surface area contributed by atoms with Gasteiger partial charge in [-0.3, -0.25) is 9.59 Å². The number of aliphatic hydroxyl groups excluding tert-OH is 1. The van der Waals surface area contributed by atoms with E-state index in [4.69, 9.17) is 14.2 Å². The Balaban J connectivity index is 1.67. The Morgan fingerprint density at radius 3 is 2.55 bits per heavy atom. The van der Waals surface area contributed by atoms with E-state index in [0.717, 1.165) is 11.3 Å². The molecule has 4 rings (SSSR count). The van der Waals surface area contributed by atoms with Gasteiger partial charge in [0.25, 0.3) is 5.56 Å². The first-order valence-electron chi connectivity index (χ1n) is 10.4. The zero-order valence-electron chi connectivity index (χ0n) is 18.9. The molecular formula is C23H26N4O6. The number of carbonyl (C=O) groups excluding carboxylic acids is 1. The number of rotatable bonds is 7. The smallest absolute Gasteiger partial charge is 0.286 e. The Bertz CT molecular complexity index is 1260. The molecule has 1 atom stereocenters. The number of anilines is 2. The number of nitrogens with one attached hydrogen (secondary N) is 1. The predicted octanol–water partition coefficient (Wildman–Crippen LogP) is 1.68. The van der Waals surface area contributed by atoms with Crippen molar-refractivity contribution in [3.63, 3.8) is 0 Å². The third kappa shape index (κ3) is 4.17. The van der Waals surface area contributed by atoms with E-state index in [1.807, 2.05) is 24.3 Å². The van der Waals surface area contributed by atoms with Crippen LogP contribution in [0.2, 0.25) is 0 Å². The lowest BCUT2D eigenvalue weighted by Crippen LogP contribution is -2.26. The molecule has 33 heavy (non-hydrogen) atoms. The van der Waals surface area contributed by atoms with E-state index in [1.165, 1.54) is 21.3 Å². The molecule has 1 aromatic heterocycles. The lowest BCUT2D eigenvalue weighted by molar-refractivity contribution is -0.117. The number of aliphatic hydroxyl groups is 1. The van der Waals surface area contributed by atoms with Gasteiger partial charge in [0.05, 0.1) is 45.9 Å². The lowest BCUT2D eigenvalue weighted by atomic mass is 10.1. The number of benzene rings is 2. The van der Waals surface area contributed by atoms with E-state index in [9.17, 15) is 14.7 Å². The Hall–Kier alpha value is -3.79. The Kier molecular flexibility index (Phi) is 6.10. The quantitative estimate of drug-likeness (QED) is 0.554. The van der Waals surface area contributed by atoms with Crippen molar-refractivity contribution < 1.29 is 24.1 Å². The molecule has 2 heterocycles. The SMILES string of the molecule is COc1cc2[nH]c(N(C)Cc3cccc(N4CC(O)CC4=O)c3)nc(=O)c2c(OC)c1OC. The fraction of sp³-hybridized carbons (Fsp3) is 0.348. The van der Waals surface area contributed by atoms with Gasteiger partial charge >= 0.3 is 0 Å². The number of aromatic nitrogens is 2. The van der Waals surface area contributed by atoms with Crippen LogP contribution in [0.3, 0.4) is 0 Å². The van der Waals surface area contributed by atoms with Gasteiger partial charge in [-0.1, -0.05) is 12.1 Å². The maximum Gasteiger partial charge on any atom is 0.286 e. The van der Waals surface area contributed by atoms with Gasteiger partial charge in [0.1, 0.15) is 5.39 Å². The van der Waals surface area contributed by atoms with Gasteiger partial charge in [-0.2, -0.15) is 4.98 Å². The first-order chi connectivity index (χ1) is 15.9.